The number of nitrogens with one attached hydrogen (secondary N) is 1. The number of carbonyl (C=O) groups excluding carboxylic acids is 1. The average Bonchev–Trinajstić information content (AvgIpc) is 3.28. The molecular weight excluding hydrogens is 374 g/mol. The van der Waals surface area contributed by atoms with Crippen LogP contribution in [-0.2, 0) is 13.1 Å². The Bertz CT molecular complexity index is 1150. The van der Waals surface area contributed by atoms with E-state index in [4.69, 9.17) is 11.6 Å². The SMILES string of the molecule is Cc1c(CN(C)C(=O)c2cn(Cc3ccccc3Cl)nn2)[nH]c2ccccc12. The van der Waals surface area contributed by atoms with E-state index in [1.54, 1.807) is 22.8 Å². The first kappa shape index (κ1) is 18.3. The standard InChI is InChI=1S/C21H20ClN5O/c1-14-16-8-4-6-10-18(16)23-19(14)12-26(2)21(28)20-13-27(25-24-20)11-15-7-3-5-9-17(15)22/h3-10,13,23H,11-12H2,1-2H3. The number of fused-ring (bicyclic) bond motifs is 1. The van der Waals surface area contributed by atoms with Gasteiger partial charge in [-0.1, -0.05) is 53.2 Å². The maximum absolute atomic E-state index is 12.8. The summed E-state index contributed by atoms with van der Waals surface area (Å²) in [5, 5.41) is 9.94. The molecule has 1 N–H and O–H groups in total. The van der Waals surface area contributed by atoms with Crippen LogP contribution in [0.25, 0.3) is 10.9 Å². The molecule has 6 nitrogen and oxygen atoms in total. The molecule has 0 aliphatic heterocycles. The highest BCUT2D eigenvalue weighted by Gasteiger charge is 2.18. The number of benzene rings is 2. The zero-order valence-corrected chi connectivity index (χ0v) is 16.4. The topological polar surface area (TPSA) is 66.8 Å². The van der Waals surface area contributed by atoms with Gasteiger partial charge in [0.2, 0.25) is 0 Å². The molecule has 7 heteroatoms. The lowest BCUT2D eigenvalue weighted by molar-refractivity contribution is 0.0777. The molecular formula is C21H20ClN5O. The van der Waals surface area contributed by atoms with Crippen LogP contribution in [0.5, 0.6) is 0 Å². The van der Waals surface area contributed by atoms with Crippen molar-refractivity contribution in [1.29, 1.82) is 0 Å². The third kappa shape index (κ3) is 3.51. The number of halogens is 1. The molecule has 0 radical (unpaired) electrons. The van der Waals surface area contributed by atoms with E-state index in [-0.39, 0.29) is 5.91 Å². The Morgan fingerprint density at radius 3 is 2.71 bits per heavy atom. The summed E-state index contributed by atoms with van der Waals surface area (Å²) >= 11 is 6.19. The number of aromatic amines is 1. The zero-order valence-electron chi connectivity index (χ0n) is 15.7. The third-order valence-corrected chi connectivity index (χ3v) is 5.23. The molecule has 2 heterocycles. The van der Waals surface area contributed by atoms with Crippen LogP contribution < -0.4 is 0 Å². The highest BCUT2D eigenvalue weighted by Crippen LogP contribution is 2.22. The van der Waals surface area contributed by atoms with E-state index in [9.17, 15) is 4.79 Å². The minimum Gasteiger partial charge on any atom is -0.357 e. The second-order valence-corrected chi connectivity index (χ2v) is 7.24. The number of H-pyrrole nitrogens is 1. The number of aryl methyl sites for hydroxylation is 1. The molecule has 2 aromatic carbocycles. The molecule has 4 rings (SSSR count). The number of para-hydroxylation sites is 1. The van der Waals surface area contributed by atoms with Gasteiger partial charge in [-0.3, -0.25) is 4.79 Å². The zero-order chi connectivity index (χ0) is 19.7. The minimum absolute atomic E-state index is 0.177. The predicted molar refractivity (Wildman–Crippen MR) is 109 cm³/mol. The monoisotopic (exact) mass is 393 g/mol. The number of rotatable bonds is 5. The summed E-state index contributed by atoms with van der Waals surface area (Å²) in [6.45, 7) is 2.99. The van der Waals surface area contributed by atoms with Crippen LogP contribution in [0.2, 0.25) is 5.02 Å². The average molecular weight is 394 g/mol. The molecule has 4 aromatic rings. The molecule has 142 valence electrons. The molecule has 0 atom stereocenters. The van der Waals surface area contributed by atoms with Gasteiger partial charge in [-0.15, -0.1) is 5.10 Å². The van der Waals surface area contributed by atoms with Crippen LogP contribution in [0.4, 0.5) is 0 Å². The van der Waals surface area contributed by atoms with Gasteiger partial charge < -0.3 is 9.88 Å². The molecule has 0 fully saturated rings. The molecule has 0 unspecified atom stereocenters. The summed E-state index contributed by atoms with van der Waals surface area (Å²) in [5.74, 6) is -0.177. The van der Waals surface area contributed by atoms with Crippen LogP contribution in [0.15, 0.2) is 54.7 Å². The van der Waals surface area contributed by atoms with Crippen LogP contribution >= 0.6 is 11.6 Å². The Morgan fingerprint density at radius 1 is 1.18 bits per heavy atom. The summed E-state index contributed by atoms with van der Waals surface area (Å²) in [6, 6.07) is 15.7. The Hall–Kier alpha value is -3.12. The van der Waals surface area contributed by atoms with E-state index >= 15 is 0 Å². The molecule has 1 amide bonds. The van der Waals surface area contributed by atoms with Gasteiger partial charge in [0.1, 0.15) is 0 Å². The Kier molecular flexibility index (Phi) is 4.88. The third-order valence-electron chi connectivity index (χ3n) is 4.86. The minimum atomic E-state index is -0.177. The van der Waals surface area contributed by atoms with Gasteiger partial charge in [0.25, 0.3) is 5.91 Å². The lowest BCUT2D eigenvalue weighted by Crippen LogP contribution is -2.27. The Morgan fingerprint density at radius 2 is 1.93 bits per heavy atom. The van der Waals surface area contributed by atoms with E-state index in [0.717, 1.165) is 22.3 Å². The summed E-state index contributed by atoms with van der Waals surface area (Å²) in [7, 11) is 1.76. The van der Waals surface area contributed by atoms with Gasteiger partial charge in [0.15, 0.2) is 5.69 Å². The second kappa shape index (κ2) is 7.48. The lowest BCUT2D eigenvalue weighted by atomic mass is 10.1. The second-order valence-electron chi connectivity index (χ2n) is 6.83. The van der Waals surface area contributed by atoms with Gasteiger partial charge >= 0.3 is 0 Å². The van der Waals surface area contributed by atoms with Crippen molar-refractivity contribution in [2.75, 3.05) is 7.05 Å². The summed E-state index contributed by atoms with van der Waals surface area (Å²) in [6.07, 6.45) is 1.65. The van der Waals surface area contributed by atoms with Crippen molar-refractivity contribution >= 4 is 28.4 Å². The van der Waals surface area contributed by atoms with Crippen molar-refractivity contribution in [2.45, 2.75) is 20.0 Å². The van der Waals surface area contributed by atoms with E-state index < -0.39 is 0 Å². The van der Waals surface area contributed by atoms with Crippen molar-refractivity contribution in [3.63, 3.8) is 0 Å². The van der Waals surface area contributed by atoms with Crippen molar-refractivity contribution < 1.29 is 4.79 Å². The molecule has 28 heavy (non-hydrogen) atoms. The van der Waals surface area contributed by atoms with Crippen molar-refractivity contribution in [3.8, 4) is 0 Å². The number of amides is 1. The predicted octanol–water partition coefficient (Wildman–Crippen LogP) is 4.04. The smallest absolute Gasteiger partial charge is 0.276 e. The number of carbonyl (C=O) groups is 1. The van der Waals surface area contributed by atoms with Crippen molar-refractivity contribution in [2.24, 2.45) is 0 Å². The quantitative estimate of drug-likeness (QED) is 0.556. The fourth-order valence-corrected chi connectivity index (χ4v) is 3.47. The molecule has 0 bridgehead atoms. The van der Waals surface area contributed by atoms with Crippen molar-refractivity contribution in [3.05, 3.63) is 82.3 Å². The fourth-order valence-electron chi connectivity index (χ4n) is 3.28. The lowest BCUT2D eigenvalue weighted by Gasteiger charge is -2.15. The maximum Gasteiger partial charge on any atom is 0.276 e. The number of hydrogen-bond donors (Lipinski definition) is 1. The fraction of sp³-hybridized carbons (Fsp3) is 0.190. The molecule has 0 aliphatic rings. The number of aromatic nitrogens is 4. The van der Waals surface area contributed by atoms with Crippen LogP contribution in [0, 0.1) is 6.92 Å². The molecule has 2 aromatic heterocycles. The molecule has 0 saturated heterocycles. The van der Waals surface area contributed by atoms with Crippen LogP contribution in [-0.4, -0.2) is 37.8 Å². The summed E-state index contributed by atoms with van der Waals surface area (Å²) in [5.41, 5.74) is 4.47. The van der Waals surface area contributed by atoms with Crippen LogP contribution in [0.1, 0.15) is 27.3 Å². The summed E-state index contributed by atoms with van der Waals surface area (Å²) in [4.78, 5) is 17.8. The normalized spacial score (nSPS) is 11.1. The molecule has 0 aliphatic carbocycles. The highest BCUT2D eigenvalue weighted by atomic mass is 35.5. The van der Waals surface area contributed by atoms with Gasteiger partial charge in [-0.05, 0) is 30.2 Å². The first-order chi connectivity index (χ1) is 13.5. The van der Waals surface area contributed by atoms with Crippen molar-refractivity contribution in [1.82, 2.24) is 24.9 Å². The van der Waals surface area contributed by atoms with Gasteiger partial charge in [0.05, 0.1) is 19.3 Å². The van der Waals surface area contributed by atoms with Gasteiger partial charge in [-0.2, -0.15) is 0 Å². The molecule has 0 saturated carbocycles. The number of nitrogens with zero attached hydrogens (tertiary/aromatic N) is 4. The largest absolute Gasteiger partial charge is 0.357 e. The Labute approximate surface area is 167 Å². The van der Waals surface area contributed by atoms with Gasteiger partial charge in [0, 0.05) is 28.7 Å². The first-order valence-electron chi connectivity index (χ1n) is 8.98. The van der Waals surface area contributed by atoms with E-state index in [2.05, 4.69) is 28.3 Å². The first-order valence-corrected chi connectivity index (χ1v) is 9.36. The van der Waals surface area contributed by atoms with E-state index in [1.807, 2.05) is 42.5 Å². The maximum atomic E-state index is 12.8. The highest BCUT2D eigenvalue weighted by molar-refractivity contribution is 6.31. The van der Waals surface area contributed by atoms with E-state index in [0.29, 0.717) is 23.8 Å². The van der Waals surface area contributed by atoms with Gasteiger partial charge in [-0.25, -0.2) is 4.68 Å². The Balaban J connectivity index is 1.49. The van der Waals surface area contributed by atoms with E-state index in [1.165, 1.54) is 5.39 Å². The summed E-state index contributed by atoms with van der Waals surface area (Å²) < 4.78 is 1.62. The number of hydrogen-bond acceptors (Lipinski definition) is 3. The molecule has 0 spiro atoms. The van der Waals surface area contributed by atoms with Crippen LogP contribution in [0.3, 0.4) is 0 Å².